The van der Waals surface area contributed by atoms with Gasteiger partial charge in [0.25, 0.3) is 0 Å². The zero-order valence-corrected chi connectivity index (χ0v) is 28.0. The molecule has 0 amide bonds. The summed E-state index contributed by atoms with van der Waals surface area (Å²) in [5.41, 5.74) is 7.09. The van der Waals surface area contributed by atoms with Gasteiger partial charge in [-0.15, -0.1) is 0 Å². The van der Waals surface area contributed by atoms with E-state index in [0.29, 0.717) is 66.8 Å². The SMILES string of the molecule is [C-]#[N+]C1=C(c2ccccc2)/C(=C(/C#N)c2cc([N+]#[C-])cc([N+]#[C-])c2)c2cc3c(cc21)C(C#N)=C(c1ccccc1)/C3=C(/[N+]#[C-])c1cc(C#N)cc(C#N)c1. The van der Waals surface area contributed by atoms with Crippen molar-refractivity contribution in [2.24, 2.45) is 0 Å². The molecule has 0 saturated heterocycles. The molecule has 0 N–H and O–H groups in total. The summed E-state index contributed by atoms with van der Waals surface area (Å²) in [6.45, 7) is 32.2. The van der Waals surface area contributed by atoms with Crippen LogP contribution in [0.1, 0.15) is 55.6 Å². The standard InChI is InChI=1S/C46H18N8/c1-51-33-18-31(19-34(20-33)52-2)39(25-49)43-37-22-36-35(21-38(37)46(54-4)42(43)30-13-9-6-10-14-30)40(26-50)41(29-11-7-5-8-12-29)44(36)45(53-3)32-16-27(23-47)15-28(17-32)24-48/h5-22H/b43-39-,45-44+. The zero-order chi connectivity index (χ0) is 37.9. The number of nitriles is 4. The van der Waals surface area contributed by atoms with Crippen LogP contribution in [0, 0.1) is 71.6 Å². The Kier molecular flexibility index (Phi) is 8.50. The Morgan fingerprint density at radius 2 is 1.06 bits per heavy atom. The smallest absolute Gasteiger partial charge is 0.203 e. The molecular formula is C46H18N8. The molecule has 0 saturated carbocycles. The monoisotopic (exact) mass is 682 g/mol. The maximum atomic E-state index is 10.9. The molecule has 5 aromatic rings. The van der Waals surface area contributed by atoms with E-state index < -0.39 is 0 Å². The Balaban J connectivity index is 1.66. The predicted molar refractivity (Wildman–Crippen MR) is 206 cm³/mol. The fourth-order valence-electron chi connectivity index (χ4n) is 7.01. The third-order valence-electron chi connectivity index (χ3n) is 9.18. The van der Waals surface area contributed by atoms with Gasteiger partial charge in [0.15, 0.2) is 11.4 Å². The van der Waals surface area contributed by atoms with Crippen molar-refractivity contribution in [3.8, 4) is 24.3 Å². The minimum absolute atomic E-state index is 0.103. The van der Waals surface area contributed by atoms with Crippen molar-refractivity contribution in [1.29, 1.82) is 21.0 Å². The topological polar surface area (TPSA) is 113 Å². The lowest BCUT2D eigenvalue weighted by Crippen LogP contribution is -1.97. The number of fused-ring (bicyclic) bond motifs is 2. The molecule has 0 heterocycles. The average molecular weight is 683 g/mol. The highest BCUT2D eigenvalue weighted by Crippen LogP contribution is 2.56. The number of nitrogens with zero attached hydrogens (tertiary/aromatic N) is 8. The van der Waals surface area contributed by atoms with Crippen molar-refractivity contribution in [2.75, 3.05) is 0 Å². The molecule has 242 valence electrons. The number of hydrogen-bond donors (Lipinski definition) is 0. The van der Waals surface area contributed by atoms with Gasteiger partial charge in [0.05, 0.1) is 60.7 Å². The maximum absolute atomic E-state index is 10.9. The largest absolute Gasteiger partial charge is 0.239 e. The van der Waals surface area contributed by atoms with Crippen molar-refractivity contribution in [2.45, 2.75) is 0 Å². The van der Waals surface area contributed by atoms with Gasteiger partial charge in [-0.1, -0.05) is 84.9 Å². The van der Waals surface area contributed by atoms with Crippen molar-refractivity contribution in [3.05, 3.63) is 210 Å². The van der Waals surface area contributed by atoms with E-state index in [1.165, 1.54) is 24.3 Å². The highest BCUT2D eigenvalue weighted by atomic mass is 14.7. The molecule has 0 spiro atoms. The van der Waals surface area contributed by atoms with Crippen LogP contribution in [-0.4, -0.2) is 0 Å². The summed E-state index contributed by atoms with van der Waals surface area (Å²) in [4.78, 5) is 15.0. The second-order valence-electron chi connectivity index (χ2n) is 12.1. The summed E-state index contributed by atoms with van der Waals surface area (Å²) in [6.07, 6.45) is 0. The van der Waals surface area contributed by atoms with Gasteiger partial charge in [-0.25, -0.2) is 19.4 Å². The Morgan fingerprint density at radius 1 is 0.500 bits per heavy atom. The molecule has 0 bridgehead atoms. The van der Waals surface area contributed by atoms with Crippen LogP contribution < -0.4 is 0 Å². The lowest BCUT2D eigenvalue weighted by molar-refractivity contribution is 1.43. The lowest BCUT2D eigenvalue weighted by Gasteiger charge is -2.16. The highest BCUT2D eigenvalue weighted by Gasteiger charge is 2.37. The van der Waals surface area contributed by atoms with E-state index in [4.69, 9.17) is 26.3 Å². The van der Waals surface area contributed by atoms with Crippen LogP contribution in [0.25, 0.3) is 64.2 Å². The Morgan fingerprint density at radius 3 is 1.56 bits per heavy atom. The van der Waals surface area contributed by atoms with Crippen LogP contribution in [0.2, 0.25) is 0 Å². The van der Waals surface area contributed by atoms with E-state index >= 15 is 0 Å². The van der Waals surface area contributed by atoms with Gasteiger partial charge < -0.3 is 0 Å². The quantitative estimate of drug-likeness (QED) is 0.139. The van der Waals surface area contributed by atoms with Crippen LogP contribution in [0.3, 0.4) is 0 Å². The molecule has 0 radical (unpaired) electrons. The Bertz CT molecular complexity index is 2730. The average Bonchev–Trinajstić information content (AvgIpc) is 3.72. The Hall–Kier alpha value is -9.02. The number of allylic oxidation sites excluding steroid dienone is 6. The first kappa shape index (κ1) is 33.5. The van der Waals surface area contributed by atoms with Crippen LogP contribution in [0.5, 0.6) is 0 Å². The molecule has 5 aromatic carbocycles. The van der Waals surface area contributed by atoms with Crippen LogP contribution in [0.15, 0.2) is 109 Å². The van der Waals surface area contributed by atoms with Gasteiger partial charge in [-0.05, 0) is 91.1 Å². The summed E-state index contributed by atoms with van der Waals surface area (Å²) in [5, 5.41) is 41.3. The molecule has 7 rings (SSSR count). The summed E-state index contributed by atoms with van der Waals surface area (Å²) < 4.78 is 0. The zero-order valence-electron chi connectivity index (χ0n) is 28.0. The van der Waals surface area contributed by atoms with Gasteiger partial charge in [-0.2, -0.15) is 21.0 Å². The molecule has 0 unspecified atom stereocenters. The molecule has 2 aliphatic carbocycles. The molecule has 8 nitrogen and oxygen atoms in total. The molecular weight excluding hydrogens is 665 g/mol. The van der Waals surface area contributed by atoms with Crippen molar-refractivity contribution < 1.29 is 0 Å². The lowest BCUT2D eigenvalue weighted by atomic mass is 9.87. The first-order valence-corrected chi connectivity index (χ1v) is 16.1. The van der Waals surface area contributed by atoms with Crippen molar-refractivity contribution in [1.82, 2.24) is 0 Å². The van der Waals surface area contributed by atoms with Gasteiger partial charge >= 0.3 is 0 Å². The van der Waals surface area contributed by atoms with Crippen molar-refractivity contribution >= 4 is 56.2 Å². The van der Waals surface area contributed by atoms with Gasteiger partial charge in [0.2, 0.25) is 11.4 Å². The molecule has 0 fully saturated rings. The number of benzene rings is 5. The van der Waals surface area contributed by atoms with Crippen molar-refractivity contribution in [3.63, 3.8) is 0 Å². The minimum Gasteiger partial charge on any atom is -0.239 e. The summed E-state index contributed by atoms with van der Waals surface area (Å²) in [6, 6.07) is 39.7. The van der Waals surface area contributed by atoms with E-state index in [-0.39, 0.29) is 45.0 Å². The highest BCUT2D eigenvalue weighted by molar-refractivity contribution is 6.33. The summed E-state index contributed by atoms with van der Waals surface area (Å²) in [5.74, 6) is 0. The predicted octanol–water partition coefficient (Wildman–Crippen LogP) is 11.0. The molecule has 54 heavy (non-hydrogen) atoms. The second-order valence-corrected chi connectivity index (χ2v) is 12.1. The van der Waals surface area contributed by atoms with E-state index in [1.54, 1.807) is 24.3 Å². The molecule has 0 aromatic heterocycles. The normalized spacial score (nSPS) is 14.1. The van der Waals surface area contributed by atoms with Crippen LogP contribution in [0.4, 0.5) is 11.4 Å². The Labute approximate surface area is 311 Å². The fraction of sp³-hybridized carbons (Fsp3) is 0. The van der Waals surface area contributed by atoms with Gasteiger partial charge in [-0.3, -0.25) is 0 Å². The molecule has 0 aliphatic heterocycles. The van der Waals surface area contributed by atoms with Crippen LogP contribution >= 0.6 is 0 Å². The molecule has 2 aliphatic rings. The van der Waals surface area contributed by atoms with E-state index in [1.807, 2.05) is 60.7 Å². The second kappa shape index (κ2) is 13.7. The minimum atomic E-state index is 0.103. The summed E-state index contributed by atoms with van der Waals surface area (Å²) in [7, 11) is 0. The third-order valence-corrected chi connectivity index (χ3v) is 9.18. The van der Waals surface area contributed by atoms with Crippen LogP contribution in [-0.2, 0) is 0 Å². The number of hydrogen-bond acceptors (Lipinski definition) is 4. The molecule has 8 heteroatoms. The van der Waals surface area contributed by atoms with E-state index in [9.17, 15) is 21.0 Å². The van der Waals surface area contributed by atoms with Gasteiger partial charge in [0.1, 0.15) is 12.1 Å². The first-order valence-electron chi connectivity index (χ1n) is 16.1. The maximum Gasteiger partial charge on any atom is 0.203 e. The fourth-order valence-corrected chi connectivity index (χ4v) is 7.01. The molecule has 0 atom stereocenters. The summed E-state index contributed by atoms with van der Waals surface area (Å²) >= 11 is 0. The van der Waals surface area contributed by atoms with E-state index in [0.717, 1.165) is 0 Å². The number of rotatable bonds is 4. The first-order chi connectivity index (χ1) is 26.4. The third kappa shape index (κ3) is 5.35. The van der Waals surface area contributed by atoms with E-state index in [2.05, 4.69) is 43.7 Å². The van der Waals surface area contributed by atoms with Gasteiger partial charge in [0, 0.05) is 0 Å².